The highest BCUT2D eigenvalue weighted by atomic mass is 32.1. The van der Waals surface area contributed by atoms with Crippen LogP contribution in [0.3, 0.4) is 0 Å². The molecular formula is C17H18N2O3S. The van der Waals surface area contributed by atoms with Gasteiger partial charge in [0, 0.05) is 22.7 Å². The Balaban J connectivity index is 1.53. The fraction of sp³-hybridized carbons (Fsp3) is 0.294. The fourth-order valence-electron chi connectivity index (χ4n) is 2.48. The molecule has 2 aromatic rings. The molecule has 1 N–H and O–H groups in total. The summed E-state index contributed by atoms with van der Waals surface area (Å²) in [6.07, 6.45) is 1.88. The van der Waals surface area contributed by atoms with Crippen molar-refractivity contribution >= 4 is 34.7 Å². The van der Waals surface area contributed by atoms with E-state index in [4.69, 9.17) is 4.74 Å². The summed E-state index contributed by atoms with van der Waals surface area (Å²) in [5.41, 5.74) is 1.44. The number of nitrogens with one attached hydrogen (secondary N) is 1. The van der Waals surface area contributed by atoms with Crippen LogP contribution in [0.2, 0.25) is 0 Å². The van der Waals surface area contributed by atoms with Gasteiger partial charge in [-0.3, -0.25) is 9.69 Å². The first-order chi connectivity index (χ1) is 11.2. The Hall–Kier alpha value is -2.34. The van der Waals surface area contributed by atoms with Crippen LogP contribution in [0.1, 0.15) is 17.7 Å². The molecule has 1 aromatic heterocycles. The second-order valence-electron chi connectivity index (χ2n) is 5.30. The van der Waals surface area contributed by atoms with Crippen molar-refractivity contribution in [1.82, 2.24) is 0 Å². The minimum atomic E-state index is -0.343. The van der Waals surface area contributed by atoms with E-state index in [0.717, 1.165) is 18.5 Å². The lowest BCUT2D eigenvalue weighted by Crippen LogP contribution is -2.23. The van der Waals surface area contributed by atoms with E-state index in [-0.39, 0.29) is 12.0 Å². The van der Waals surface area contributed by atoms with Gasteiger partial charge in [0.05, 0.1) is 6.54 Å². The molecule has 0 atom stereocenters. The Morgan fingerprint density at radius 2 is 2.22 bits per heavy atom. The average Bonchev–Trinajstić information content (AvgIpc) is 3.19. The van der Waals surface area contributed by atoms with Gasteiger partial charge < -0.3 is 10.1 Å². The zero-order chi connectivity index (χ0) is 16.1. The summed E-state index contributed by atoms with van der Waals surface area (Å²) in [6, 6.07) is 11.4. The van der Waals surface area contributed by atoms with Crippen molar-refractivity contribution in [2.75, 3.05) is 23.4 Å². The number of aryl methyl sites for hydroxylation is 1. The van der Waals surface area contributed by atoms with E-state index in [1.165, 1.54) is 4.88 Å². The molecular weight excluding hydrogens is 312 g/mol. The molecule has 0 aliphatic carbocycles. The number of amides is 2. The Morgan fingerprint density at radius 3 is 2.96 bits per heavy atom. The standard InChI is InChI=1S/C17H18N2O3S/c20-16(8-2-6-15-7-3-11-23-15)18-13-4-1-5-14(12-13)19-9-10-22-17(19)21/h1,3-5,7,11-12H,2,6,8-10H2,(H,18,20). The zero-order valence-corrected chi connectivity index (χ0v) is 13.5. The average molecular weight is 330 g/mol. The topological polar surface area (TPSA) is 58.6 Å². The van der Waals surface area contributed by atoms with Crippen LogP contribution < -0.4 is 10.2 Å². The lowest BCUT2D eigenvalue weighted by atomic mass is 10.2. The largest absolute Gasteiger partial charge is 0.447 e. The molecule has 3 rings (SSSR count). The minimum absolute atomic E-state index is 0.0114. The molecule has 0 bridgehead atoms. The maximum Gasteiger partial charge on any atom is 0.414 e. The summed E-state index contributed by atoms with van der Waals surface area (Å²) >= 11 is 1.71. The molecule has 0 saturated carbocycles. The second kappa shape index (κ2) is 7.28. The number of anilines is 2. The van der Waals surface area contributed by atoms with Gasteiger partial charge >= 0.3 is 6.09 Å². The number of cyclic esters (lactones) is 1. The van der Waals surface area contributed by atoms with Gasteiger partial charge in [0.25, 0.3) is 0 Å². The van der Waals surface area contributed by atoms with E-state index >= 15 is 0 Å². The van der Waals surface area contributed by atoms with Crippen molar-refractivity contribution in [1.29, 1.82) is 0 Å². The van der Waals surface area contributed by atoms with E-state index < -0.39 is 0 Å². The summed E-state index contributed by atoms with van der Waals surface area (Å²) in [4.78, 5) is 26.5. The van der Waals surface area contributed by atoms with Gasteiger partial charge in [-0.1, -0.05) is 12.1 Å². The molecule has 2 amide bonds. The van der Waals surface area contributed by atoms with Gasteiger partial charge in [0.1, 0.15) is 6.61 Å². The van der Waals surface area contributed by atoms with Crippen molar-refractivity contribution in [3.63, 3.8) is 0 Å². The summed E-state index contributed by atoms with van der Waals surface area (Å²) in [5, 5.41) is 4.93. The Morgan fingerprint density at radius 1 is 1.30 bits per heavy atom. The molecule has 0 unspecified atom stereocenters. The number of hydrogen-bond donors (Lipinski definition) is 1. The molecule has 1 fully saturated rings. The third-order valence-electron chi connectivity index (χ3n) is 3.61. The molecule has 23 heavy (non-hydrogen) atoms. The van der Waals surface area contributed by atoms with Gasteiger partial charge in [-0.05, 0) is 42.5 Å². The molecule has 120 valence electrons. The van der Waals surface area contributed by atoms with E-state index in [0.29, 0.717) is 25.3 Å². The number of carbonyl (C=O) groups is 2. The highest BCUT2D eigenvalue weighted by molar-refractivity contribution is 7.09. The molecule has 2 heterocycles. The lowest BCUT2D eigenvalue weighted by Gasteiger charge is -2.14. The first-order valence-corrected chi connectivity index (χ1v) is 8.47. The molecule has 0 spiro atoms. The number of thiophene rings is 1. The van der Waals surface area contributed by atoms with Crippen LogP contribution in [0.5, 0.6) is 0 Å². The molecule has 1 aromatic carbocycles. The van der Waals surface area contributed by atoms with Crippen molar-refractivity contribution < 1.29 is 14.3 Å². The molecule has 6 heteroatoms. The maximum atomic E-state index is 12.0. The van der Waals surface area contributed by atoms with E-state index in [1.54, 1.807) is 22.3 Å². The first kappa shape index (κ1) is 15.6. The van der Waals surface area contributed by atoms with Crippen LogP contribution in [0.25, 0.3) is 0 Å². The quantitative estimate of drug-likeness (QED) is 0.879. The highest BCUT2D eigenvalue weighted by Gasteiger charge is 2.23. The predicted molar refractivity (Wildman–Crippen MR) is 91.0 cm³/mol. The smallest absolute Gasteiger partial charge is 0.414 e. The van der Waals surface area contributed by atoms with Crippen LogP contribution in [0.4, 0.5) is 16.2 Å². The Bertz CT molecular complexity index is 685. The number of ether oxygens (including phenoxy) is 1. The number of carbonyl (C=O) groups excluding carboxylic acids is 2. The summed E-state index contributed by atoms with van der Waals surface area (Å²) in [6.45, 7) is 0.940. The predicted octanol–water partition coefficient (Wildman–Crippen LogP) is 3.67. The zero-order valence-electron chi connectivity index (χ0n) is 12.7. The Kier molecular flexibility index (Phi) is 4.92. The summed E-state index contributed by atoms with van der Waals surface area (Å²) in [7, 11) is 0. The molecule has 1 aliphatic heterocycles. The van der Waals surface area contributed by atoms with Crippen LogP contribution in [0.15, 0.2) is 41.8 Å². The fourth-order valence-corrected chi connectivity index (χ4v) is 3.23. The molecule has 1 saturated heterocycles. The lowest BCUT2D eigenvalue weighted by molar-refractivity contribution is -0.116. The van der Waals surface area contributed by atoms with Crippen LogP contribution in [-0.4, -0.2) is 25.2 Å². The van der Waals surface area contributed by atoms with Crippen LogP contribution >= 0.6 is 11.3 Å². The summed E-state index contributed by atoms with van der Waals surface area (Å²) in [5.74, 6) is -0.0114. The van der Waals surface area contributed by atoms with Crippen LogP contribution in [-0.2, 0) is 16.0 Å². The first-order valence-electron chi connectivity index (χ1n) is 7.59. The number of nitrogens with zero attached hydrogens (tertiary/aromatic N) is 1. The van der Waals surface area contributed by atoms with Crippen molar-refractivity contribution in [3.8, 4) is 0 Å². The van der Waals surface area contributed by atoms with Crippen molar-refractivity contribution in [2.24, 2.45) is 0 Å². The van der Waals surface area contributed by atoms with E-state index in [9.17, 15) is 9.59 Å². The van der Waals surface area contributed by atoms with Gasteiger partial charge in [-0.25, -0.2) is 4.79 Å². The van der Waals surface area contributed by atoms with Crippen LogP contribution in [0, 0.1) is 0 Å². The number of rotatable bonds is 6. The maximum absolute atomic E-state index is 12.0. The molecule has 5 nitrogen and oxygen atoms in total. The molecule has 0 radical (unpaired) electrons. The number of hydrogen-bond acceptors (Lipinski definition) is 4. The summed E-state index contributed by atoms with van der Waals surface area (Å²) < 4.78 is 4.93. The third-order valence-corrected chi connectivity index (χ3v) is 4.55. The van der Waals surface area contributed by atoms with Gasteiger partial charge in [0.15, 0.2) is 0 Å². The van der Waals surface area contributed by atoms with Gasteiger partial charge in [-0.15, -0.1) is 11.3 Å². The number of benzene rings is 1. The third kappa shape index (κ3) is 4.10. The minimum Gasteiger partial charge on any atom is -0.447 e. The van der Waals surface area contributed by atoms with E-state index in [2.05, 4.69) is 11.4 Å². The van der Waals surface area contributed by atoms with Gasteiger partial charge in [-0.2, -0.15) is 0 Å². The van der Waals surface area contributed by atoms with Gasteiger partial charge in [0.2, 0.25) is 5.91 Å². The van der Waals surface area contributed by atoms with Crippen molar-refractivity contribution in [2.45, 2.75) is 19.3 Å². The van der Waals surface area contributed by atoms with Crippen molar-refractivity contribution in [3.05, 3.63) is 46.7 Å². The second-order valence-corrected chi connectivity index (χ2v) is 6.33. The molecule has 1 aliphatic rings. The monoisotopic (exact) mass is 330 g/mol. The highest BCUT2D eigenvalue weighted by Crippen LogP contribution is 2.22. The SMILES string of the molecule is O=C(CCCc1cccs1)Nc1cccc(N2CCOC2=O)c1. The normalized spacial score (nSPS) is 13.9. The Labute approximate surface area is 138 Å². The van der Waals surface area contributed by atoms with E-state index in [1.807, 2.05) is 29.6 Å².